The third kappa shape index (κ3) is 2.47. The van der Waals surface area contributed by atoms with Crippen LogP contribution >= 0.6 is 0 Å². The maximum atomic E-state index is 13.6. The van der Waals surface area contributed by atoms with Crippen molar-refractivity contribution in [1.82, 2.24) is 4.90 Å². The van der Waals surface area contributed by atoms with Crippen molar-refractivity contribution in [3.8, 4) is 5.75 Å². The van der Waals surface area contributed by atoms with Crippen molar-refractivity contribution in [3.63, 3.8) is 0 Å². The summed E-state index contributed by atoms with van der Waals surface area (Å²) in [6, 6.07) is 3.93. The molecule has 1 aliphatic rings. The Morgan fingerprint density at radius 1 is 1.44 bits per heavy atom. The summed E-state index contributed by atoms with van der Waals surface area (Å²) >= 11 is 0. The third-order valence-corrected chi connectivity index (χ3v) is 3.39. The van der Waals surface area contributed by atoms with Crippen molar-refractivity contribution in [2.24, 2.45) is 5.41 Å². The van der Waals surface area contributed by atoms with E-state index in [-0.39, 0.29) is 16.7 Å². The maximum Gasteiger partial charge on any atom is 0.260 e. The number of amides is 1. The average Bonchev–Trinajstić information content (AvgIpc) is 2.27. The molecule has 1 aromatic carbocycles. The summed E-state index contributed by atoms with van der Waals surface area (Å²) in [5, 5.41) is 9.64. The number of hydrogen-bond donors (Lipinski definition) is 1. The van der Waals surface area contributed by atoms with E-state index in [4.69, 9.17) is 0 Å². The summed E-state index contributed by atoms with van der Waals surface area (Å²) in [6.07, 6.45) is 1.97. The molecule has 0 saturated carbocycles. The van der Waals surface area contributed by atoms with Crippen LogP contribution in [0.4, 0.5) is 4.39 Å². The summed E-state index contributed by atoms with van der Waals surface area (Å²) in [5.74, 6) is -1.37. The Morgan fingerprint density at radius 3 is 2.78 bits per heavy atom. The first-order valence-corrected chi connectivity index (χ1v) is 6.17. The summed E-state index contributed by atoms with van der Waals surface area (Å²) < 4.78 is 13.6. The Labute approximate surface area is 106 Å². The number of phenols is 1. The van der Waals surface area contributed by atoms with Gasteiger partial charge < -0.3 is 10.0 Å². The maximum absolute atomic E-state index is 13.6. The highest BCUT2D eigenvalue weighted by Crippen LogP contribution is 2.31. The lowest BCUT2D eigenvalue weighted by Gasteiger charge is -2.38. The normalized spacial score (nSPS) is 18.7. The zero-order valence-corrected chi connectivity index (χ0v) is 10.7. The SMILES string of the molecule is CC1(C)CCCN(C(=O)c2c(O)cccc2F)C1. The van der Waals surface area contributed by atoms with Gasteiger partial charge in [0.15, 0.2) is 0 Å². The first kappa shape index (κ1) is 12.9. The Morgan fingerprint density at radius 2 is 2.17 bits per heavy atom. The van der Waals surface area contributed by atoms with Crippen molar-refractivity contribution >= 4 is 5.91 Å². The van der Waals surface area contributed by atoms with E-state index < -0.39 is 11.7 Å². The predicted octanol–water partition coefficient (Wildman–Crippen LogP) is 2.79. The second-order valence-electron chi connectivity index (χ2n) is 5.63. The van der Waals surface area contributed by atoms with Gasteiger partial charge in [0.25, 0.3) is 5.91 Å². The second-order valence-corrected chi connectivity index (χ2v) is 5.63. The molecule has 1 aromatic rings. The summed E-state index contributed by atoms with van der Waals surface area (Å²) in [6.45, 7) is 5.40. The lowest BCUT2D eigenvalue weighted by molar-refractivity contribution is 0.0575. The van der Waals surface area contributed by atoms with E-state index in [0.717, 1.165) is 12.8 Å². The molecule has 1 N–H and O–H groups in total. The number of halogens is 1. The van der Waals surface area contributed by atoms with Crippen LogP contribution in [0.25, 0.3) is 0 Å². The number of likely N-dealkylation sites (tertiary alicyclic amines) is 1. The molecule has 98 valence electrons. The molecule has 1 fully saturated rings. The predicted molar refractivity (Wildman–Crippen MR) is 67.0 cm³/mol. The van der Waals surface area contributed by atoms with E-state index in [1.807, 2.05) is 0 Å². The highest BCUT2D eigenvalue weighted by molar-refractivity contribution is 5.97. The number of rotatable bonds is 1. The molecular weight excluding hydrogens is 233 g/mol. The zero-order chi connectivity index (χ0) is 13.3. The fourth-order valence-corrected chi connectivity index (χ4v) is 2.48. The van der Waals surface area contributed by atoms with Crippen molar-refractivity contribution in [2.75, 3.05) is 13.1 Å². The Bertz CT molecular complexity index is 451. The zero-order valence-electron chi connectivity index (χ0n) is 10.7. The lowest BCUT2D eigenvalue weighted by Crippen LogP contribution is -2.43. The van der Waals surface area contributed by atoms with Gasteiger partial charge in [-0.3, -0.25) is 4.79 Å². The van der Waals surface area contributed by atoms with Crippen LogP contribution in [0, 0.1) is 11.2 Å². The molecule has 2 rings (SSSR count). The van der Waals surface area contributed by atoms with Gasteiger partial charge in [0.2, 0.25) is 0 Å². The van der Waals surface area contributed by atoms with Gasteiger partial charge in [-0.15, -0.1) is 0 Å². The molecule has 1 amide bonds. The van der Waals surface area contributed by atoms with Crippen LogP contribution in [-0.2, 0) is 0 Å². The standard InChI is InChI=1S/C14H18FNO2/c1-14(2)7-4-8-16(9-14)13(18)12-10(15)5-3-6-11(12)17/h3,5-6,17H,4,7-9H2,1-2H3. The van der Waals surface area contributed by atoms with Crippen LogP contribution in [-0.4, -0.2) is 29.0 Å². The van der Waals surface area contributed by atoms with Crippen LogP contribution in [0.2, 0.25) is 0 Å². The monoisotopic (exact) mass is 251 g/mol. The van der Waals surface area contributed by atoms with Crippen LogP contribution in [0.5, 0.6) is 5.75 Å². The molecule has 1 aliphatic heterocycles. The van der Waals surface area contributed by atoms with Crippen LogP contribution in [0.1, 0.15) is 37.0 Å². The molecule has 0 radical (unpaired) electrons. The van der Waals surface area contributed by atoms with Gasteiger partial charge in [0.05, 0.1) is 0 Å². The first-order chi connectivity index (χ1) is 8.41. The molecule has 0 atom stereocenters. The average molecular weight is 251 g/mol. The highest BCUT2D eigenvalue weighted by Gasteiger charge is 2.31. The number of carbonyl (C=O) groups excluding carboxylic acids is 1. The van der Waals surface area contributed by atoms with Gasteiger partial charge in [-0.2, -0.15) is 0 Å². The summed E-state index contributed by atoms with van der Waals surface area (Å²) in [7, 11) is 0. The highest BCUT2D eigenvalue weighted by atomic mass is 19.1. The quantitative estimate of drug-likeness (QED) is 0.833. The lowest BCUT2D eigenvalue weighted by atomic mass is 9.84. The minimum Gasteiger partial charge on any atom is -0.507 e. The van der Waals surface area contributed by atoms with Gasteiger partial charge >= 0.3 is 0 Å². The number of carbonyl (C=O) groups is 1. The van der Waals surface area contributed by atoms with Gasteiger partial charge in [-0.05, 0) is 30.4 Å². The number of phenolic OH excluding ortho intramolecular Hbond substituents is 1. The number of piperidine rings is 1. The molecule has 1 saturated heterocycles. The van der Waals surface area contributed by atoms with Gasteiger partial charge in [-0.1, -0.05) is 19.9 Å². The molecule has 3 nitrogen and oxygen atoms in total. The molecule has 0 spiro atoms. The number of hydrogen-bond acceptors (Lipinski definition) is 2. The van der Waals surface area contributed by atoms with E-state index in [0.29, 0.717) is 13.1 Å². The minimum absolute atomic E-state index is 0.0504. The van der Waals surface area contributed by atoms with Gasteiger partial charge in [0.1, 0.15) is 17.1 Å². The van der Waals surface area contributed by atoms with Crippen molar-refractivity contribution in [1.29, 1.82) is 0 Å². The van der Waals surface area contributed by atoms with Gasteiger partial charge in [-0.25, -0.2) is 4.39 Å². The van der Waals surface area contributed by atoms with Crippen LogP contribution in [0.3, 0.4) is 0 Å². The number of nitrogens with zero attached hydrogens (tertiary/aromatic N) is 1. The molecular formula is C14H18FNO2. The molecule has 4 heteroatoms. The van der Waals surface area contributed by atoms with E-state index in [1.165, 1.54) is 18.2 Å². The molecule has 0 aliphatic carbocycles. The van der Waals surface area contributed by atoms with Crippen molar-refractivity contribution < 1.29 is 14.3 Å². The van der Waals surface area contributed by atoms with E-state index in [9.17, 15) is 14.3 Å². The molecule has 1 heterocycles. The van der Waals surface area contributed by atoms with E-state index in [2.05, 4.69) is 13.8 Å². The largest absolute Gasteiger partial charge is 0.507 e. The van der Waals surface area contributed by atoms with Crippen LogP contribution < -0.4 is 0 Å². The van der Waals surface area contributed by atoms with Crippen LogP contribution in [0.15, 0.2) is 18.2 Å². The molecule has 0 bridgehead atoms. The Balaban J connectivity index is 2.26. The third-order valence-electron chi connectivity index (χ3n) is 3.39. The Kier molecular flexibility index (Phi) is 3.28. The summed E-state index contributed by atoms with van der Waals surface area (Å²) in [4.78, 5) is 13.9. The minimum atomic E-state index is -0.664. The van der Waals surface area contributed by atoms with Gasteiger partial charge in [0, 0.05) is 13.1 Å². The second kappa shape index (κ2) is 4.59. The van der Waals surface area contributed by atoms with Crippen molar-refractivity contribution in [2.45, 2.75) is 26.7 Å². The number of benzene rings is 1. The van der Waals surface area contributed by atoms with E-state index in [1.54, 1.807) is 4.90 Å². The molecule has 0 aromatic heterocycles. The Hall–Kier alpha value is -1.58. The molecule has 0 unspecified atom stereocenters. The van der Waals surface area contributed by atoms with Crippen molar-refractivity contribution in [3.05, 3.63) is 29.6 Å². The fourth-order valence-electron chi connectivity index (χ4n) is 2.48. The summed E-state index contributed by atoms with van der Waals surface area (Å²) in [5.41, 5.74) is -0.162. The van der Waals surface area contributed by atoms with E-state index >= 15 is 0 Å². The molecule has 18 heavy (non-hydrogen) atoms. The number of aromatic hydroxyl groups is 1. The topological polar surface area (TPSA) is 40.5 Å². The fraction of sp³-hybridized carbons (Fsp3) is 0.500. The smallest absolute Gasteiger partial charge is 0.260 e. The first-order valence-electron chi connectivity index (χ1n) is 6.17.